The summed E-state index contributed by atoms with van der Waals surface area (Å²) in [6.07, 6.45) is 2.33. The van der Waals surface area contributed by atoms with Crippen molar-refractivity contribution < 1.29 is 9.18 Å². The SMILES string of the molecule is CC1NCC2(CC2)CN(c2ccc(F)cc2)C1=O. The molecule has 3 nitrogen and oxygen atoms in total. The van der Waals surface area contributed by atoms with E-state index < -0.39 is 0 Å². The molecular formula is C14H17FN2O. The number of anilines is 1. The highest BCUT2D eigenvalue weighted by atomic mass is 19.1. The van der Waals surface area contributed by atoms with Crippen molar-refractivity contribution in [3.63, 3.8) is 0 Å². The maximum atomic E-state index is 13.0. The van der Waals surface area contributed by atoms with E-state index in [1.165, 1.54) is 12.1 Å². The van der Waals surface area contributed by atoms with Crippen LogP contribution in [0.1, 0.15) is 19.8 Å². The molecule has 1 saturated heterocycles. The molecule has 96 valence electrons. The van der Waals surface area contributed by atoms with Crippen LogP contribution >= 0.6 is 0 Å². The third kappa shape index (κ3) is 2.01. The summed E-state index contributed by atoms with van der Waals surface area (Å²) in [5.74, 6) is -0.196. The predicted molar refractivity (Wildman–Crippen MR) is 67.9 cm³/mol. The second-order valence-corrected chi connectivity index (χ2v) is 5.50. The second kappa shape index (κ2) is 4.05. The highest BCUT2D eigenvalue weighted by molar-refractivity contribution is 5.97. The monoisotopic (exact) mass is 248 g/mol. The molecule has 0 radical (unpaired) electrons. The fourth-order valence-corrected chi connectivity index (χ4v) is 2.51. The molecule has 1 N–H and O–H groups in total. The number of hydrogen-bond donors (Lipinski definition) is 1. The van der Waals surface area contributed by atoms with E-state index in [1.54, 1.807) is 17.0 Å². The van der Waals surface area contributed by atoms with Crippen LogP contribution in [0.15, 0.2) is 24.3 Å². The van der Waals surface area contributed by atoms with Crippen LogP contribution in [0, 0.1) is 11.2 Å². The van der Waals surface area contributed by atoms with E-state index in [-0.39, 0.29) is 23.2 Å². The molecule has 18 heavy (non-hydrogen) atoms. The normalized spacial score (nSPS) is 26.2. The van der Waals surface area contributed by atoms with E-state index in [4.69, 9.17) is 0 Å². The number of hydrogen-bond acceptors (Lipinski definition) is 2. The number of nitrogens with one attached hydrogen (secondary N) is 1. The number of carbonyl (C=O) groups is 1. The van der Waals surface area contributed by atoms with Crippen molar-refractivity contribution in [3.8, 4) is 0 Å². The summed E-state index contributed by atoms with van der Waals surface area (Å²) in [7, 11) is 0. The van der Waals surface area contributed by atoms with Crippen molar-refractivity contribution >= 4 is 11.6 Å². The summed E-state index contributed by atoms with van der Waals surface area (Å²) >= 11 is 0. The van der Waals surface area contributed by atoms with Crippen molar-refractivity contribution in [2.24, 2.45) is 5.41 Å². The molecule has 1 heterocycles. The van der Waals surface area contributed by atoms with E-state index in [1.807, 2.05) is 6.92 Å². The third-order valence-corrected chi connectivity index (χ3v) is 4.01. The Hall–Kier alpha value is -1.42. The van der Waals surface area contributed by atoms with Gasteiger partial charge in [-0.2, -0.15) is 0 Å². The molecule has 1 spiro atoms. The topological polar surface area (TPSA) is 32.3 Å². The average molecular weight is 248 g/mol. The minimum absolute atomic E-state index is 0.0744. The Kier molecular flexibility index (Phi) is 2.63. The predicted octanol–water partition coefficient (Wildman–Crippen LogP) is 1.93. The number of rotatable bonds is 1. The third-order valence-electron chi connectivity index (χ3n) is 4.01. The van der Waals surface area contributed by atoms with Crippen molar-refractivity contribution in [2.75, 3.05) is 18.0 Å². The minimum atomic E-state index is -0.270. The smallest absolute Gasteiger partial charge is 0.243 e. The molecule has 1 amide bonds. The summed E-state index contributed by atoms with van der Waals surface area (Å²) < 4.78 is 13.0. The highest BCUT2D eigenvalue weighted by Gasteiger charge is 2.47. The van der Waals surface area contributed by atoms with E-state index in [0.29, 0.717) is 0 Å². The molecule has 3 rings (SSSR count). The van der Waals surface area contributed by atoms with Crippen molar-refractivity contribution in [3.05, 3.63) is 30.1 Å². The van der Waals surface area contributed by atoms with Crippen LogP contribution in [-0.4, -0.2) is 25.0 Å². The molecule has 1 aromatic rings. The molecule has 1 aliphatic carbocycles. The summed E-state index contributed by atoms with van der Waals surface area (Å²) in [5, 5.41) is 3.29. The van der Waals surface area contributed by atoms with Gasteiger partial charge in [0, 0.05) is 24.2 Å². The molecule has 1 saturated carbocycles. The molecule has 2 fully saturated rings. The first-order valence-corrected chi connectivity index (χ1v) is 6.40. The van der Waals surface area contributed by atoms with Gasteiger partial charge in [0.15, 0.2) is 0 Å². The fourth-order valence-electron chi connectivity index (χ4n) is 2.51. The first-order chi connectivity index (χ1) is 8.60. The zero-order chi connectivity index (χ0) is 12.8. The van der Waals surface area contributed by atoms with Gasteiger partial charge in [0.25, 0.3) is 0 Å². The van der Waals surface area contributed by atoms with Gasteiger partial charge in [-0.3, -0.25) is 4.79 Å². The van der Waals surface area contributed by atoms with Gasteiger partial charge < -0.3 is 10.2 Å². The van der Waals surface area contributed by atoms with Gasteiger partial charge >= 0.3 is 0 Å². The molecule has 0 bridgehead atoms. The lowest BCUT2D eigenvalue weighted by atomic mass is 10.1. The van der Waals surface area contributed by atoms with Crippen LogP contribution in [0.4, 0.5) is 10.1 Å². The summed E-state index contributed by atoms with van der Waals surface area (Å²) in [4.78, 5) is 14.1. The quantitative estimate of drug-likeness (QED) is 0.823. The highest BCUT2D eigenvalue weighted by Crippen LogP contribution is 2.47. The Balaban J connectivity index is 1.91. The lowest BCUT2D eigenvalue weighted by Gasteiger charge is -2.25. The standard InChI is InChI=1S/C14H17FN2O/c1-10-13(18)17(9-14(6-7-14)8-16-10)12-4-2-11(15)3-5-12/h2-5,10,16H,6-9H2,1H3. The van der Waals surface area contributed by atoms with Gasteiger partial charge in [0.2, 0.25) is 5.91 Å². The number of halogens is 1. The van der Waals surface area contributed by atoms with Gasteiger partial charge in [0.05, 0.1) is 6.04 Å². The van der Waals surface area contributed by atoms with Gasteiger partial charge in [0.1, 0.15) is 5.82 Å². The minimum Gasteiger partial charge on any atom is -0.310 e. The number of amides is 1. The molecule has 1 unspecified atom stereocenters. The molecule has 0 aromatic heterocycles. The van der Waals surface area contributed by atoms with Crippen LogP contribution in [0.3, 0.4) is 0 Å². The summed E-state index contributed by atoms with van der Waals surface area (Å²) in [6, 6.07) is 6.01. The summed E-state index contributed by atoms with van der Waals surface area (Å²) in [6.45, 7) is 3.53. The Bertz CT molecular complexity index is 467. The maximum Gasteiger partial charge on any atom is 0.243 e. The number of nitrogens with zero attached hydrogens (tertiary/aromatic N) is 1. The molecule has 1 atom stereocenters. The van der Waals surface area contributed by atoms with Gasteiger partial charge in [-0.1, -0.05) is 0 Å². The van der Waals surface area contributed by atoms with E-state index >= 15 is 0 Å². The zero-order valence-corrected chi connectivity index (χ0v) is 10.4. The molecular weight excluding hydrogens is 231 g/mol. The van der Waals surface area contributed by atoms with Crippen molar-refractivity contribution in [2.45, 2.75) is 25.8 Å². The second-order valence-electron chi connectivity index (χ2n) is 5.50. The van der Waals surface area contributed by atoms with Crippen LogP contribution in [0.5, 0.6) is 0 Å². The Morgan fingerprint density at radius 1 is 1.33 bits per heavy atom. The molecule has 1 aromatic carbocycles. The van der Waals surface area contributed by atoms with E-state index in [0.717, 1.165) is 31.6 Å². The molecule has 2 aliphatic rings. The molecule has 1 aliphatic heterocycles. The van der Waals surface area contributed by atoms with Gasteiger partial charge in [-0.15, -0.1) is 0 Å². The fraction of sp³-hybridized carbons (Fsp3) is 0.500. The zero-order valence-electron chi connectivity index (χ0n) is 10.4. The lowest BCUT2D eigenvalue weighted by Crippen LogP contribution is -2.41. The van der Waals surface area contributed by atoms with Crippen LogP contribution in [0.2, 0.25) is 0 Å². The van der Waals surface area contributed by atoms with Gasteiger partial charge in [-0.05, 0) is 44.0 Å². The Labute approximate surface area is 106 Å². The van der Waals surface area contributed by atoms with Gasteiger partial charge in [-0.25, -0.2) is 4.39 Å². The Morgan fingerprint density at radius 2 is 2.00 bits per heavy atom. The molecule has 4 heteroatoms. The number of benzene rings is 1. The maximum absolute atomic E-state index is 13.0. The lowest BCUT2D eigenvalue weighted by molar-refractivity contribution is -0.119. The number of carbonyl (C=O) groups excluding carboxylic acids is 1. The first kappa shape index (κ1) is 11.7. The summed E-state index contributed by atoms with van der Waals surface area (Å²) in [5.41, 5.74) is 1.04. The van der Waals surface area contributed by atoms with Crippen molar-refractivity contribution in [1.82, 2.24) is 5.32 Å². The van der Waals surface area contributed by atoms with Crippen molar-refractivity contribution in [1.29, 1.82) is 0 Å². The van der Waals surface area contributed by atoms with Crippen LogP contribution in [-0.2, 0) is 4.79 Å². The average Bonchev–Trinajstić information content (AvgIpc) is 3.15. The van der Waals surface area contributed by atoms with Crippen LogP contribution in [0.25, 0.3) is 0 Å². The van der Waals surface area contributed by atoms with E-state index in [9.17, 15) is 9.18 Å². The Morgan fingerprint density at radius 3 is 2.61 bits per heavy atom. The van der Waals surface area contributed by atoms with Crippen LogP contribution < -0.4 is 10.2 Å². The largest absolute Gasteiger partial charge is 0.310 e. The first-order valence-electron chi connectivity index (χ1n) is 6.40. The van der Waals surface area contributed by atoms with E-state index in [2.05, 4.69) is 5.32 Å².